The molecule has 0 amide bonds. The Balaban J connectivity index is 2.37. The van der Waals surface area contributed by atoms with Crippen molar-refractivity contribution in [1.82, 2.24) is 9.78 Å². The largest absolute Gasteiger partial charge is 0.496 e. The van der Waals surface area contributed by atoms with E-state index in [0.29, 0.717) is 0 Å². The molecule has 20 heavy (non-hydrogen) atoms. The van der Waals surface area contributed by atoms with E-state index >= 15 is 0 Å². The molecule has 0 bridgehead atoms. The number of halogens is 1. The van der Waals surface area contributed by atoms with Crippen molar-refractivity contribution in [2.45, 2.75) is 6.54 Å². The van der Waals surface area contributed by atoms with Gasteiger partial charge in [0.2, 0.25) is 0 Å². The zero-order valence-corrected chi connectivity index (χ0v) is 10.6. The van der Waals surface area contributed by atoms with Crippen molar-refractivity contribution in [1.29, 1.82) is 0 Å². The summed E-state index contributed by atoms with van der Waals surface area (Å²) >= 11 is 0. The van der Waals surface area contributed by atoms with Crippen molar-refractivity contribution in [3.05, 3.63) is 62.4 Å². The van der Waals surface area contributed by atoms with Gasteiger partial charge in [-0.3, -0.25) is 19.5 Å². The van der Waals surface area contributed by atoms with Gasteiger partial charge in [-0.1, -0.05) is 0 Å². The number of ether oxygens (including phenoxy) is 1. The van der Waals surface area contributed by atoms with Gasteiger partial charge in [-0.05, 0) is 18.2 Å². The Kier molecular flexibility index (Phi) is 3.79. The van der Waals surface area contributed by atoms with Crippen LogP contribution in [0, 0.1) is 5.82 Å². The predicted octanol–water partition coefficient (Wildman–Crippen LogP) is 0.567. The summed E-state index contributed by atoms with van der Waals surface area (Å²) in [7, 11) is 1.35. The van der Waals surface area contributed by atoms with Gasteiger partial charge >= 0.3 is 0 Å². The highest BCUT2D eigenvalue weighted by Gasteiger charge is 2.14. The summed E-state index contributed by atoms with van der Waals surface area (Å²) in [6, 6.07) is 5.61. The molecule has 0 spiro atoms. The average molecular weight is 278 g/mol. The lowest BCUT2D eigenvalue weighted by atomic mass is 10.1. The van der Waals surface area contributed by atoms with E-state index in [1.807, 2.05) is 0 Å². The Morgan fingerprint density at radius 3 is 2.75 bits per heavy atom. The van der Waals surface area contributed by atoms with Crippen LogP contribution in [0.4, 0.5) is 4.39 Å². The summed E-state index contributed by atoms with van der Waals surface area (Å²) in [5.74, 6) is -0.948. The van der Waals surface area contributed by atoms with Crippen LogP contribution in [0.3, 0.4) is 0 Å². The van der Waals surface area contributed by atoms with Gasteiger partial charge in [0.15, 0.2) is 5.78 Å². The second-order valence-electron chi connectivity index (χ2n) is 4.00. The first-order chi connectivity index (χ1) is 9.51. The first kappa shape index (κ1) is 13.7. The molecule has 0 fully saturated rings. The maximum Gasteiger partial charge on any atom is 0.265 e. The highest BCUT2D eigenvalue weighted by atomic mass is 19.1. The maximum absolute atomic E-state index is 13.2. The van der Waals surface area contributed by atoms with Gasteiger partial charge < -0.3 is 4.74 Å². The van der Waals surface area contributed by atoms with E-state index < -0.39 is 29.3 Å². The standard InChI is InChI=1S/C13H11FN2O4/c1-20-11-3-2-8(14)6-9(11)10(17)7-16-13(19)5-4-12(18)15-16/h2-6H,7H2,1H3,(H,15,18). The third-order valence-corrected chi connectivity index (χ3v) is 2.65. The molecular formula is C13H11FN2O4. The van der Waals surface area contributed by atoms with E-state index in [1.165, 1.54) is 13.2 Å². The van der Waals surface area contributed by atoms with Crippen LogP contribution in [0.15, 0.2) is 39.9 Å². The molecule has 0 saturated carbocycles. The number of hydrogen-bond acceptors (Lipinski definition) is 4. The predicted molar refractivity (Wildman–Crippen MR) is 68.6 cm³/mol. The van der Waals surface area contributed by atoms with Crippen LogP contribution in [0.1, 0.15) is 10.4 Å². The Morgan fingerprint density at radius 2 is 2.05 bits per heavy atom. The normalized spacial score (nSPS) is 10.3. The van der Waals surface area contributed by atoms with Crippen molar-refractivity contribution >= 4 is 5.78 Å². The number of benzene rings is 1. The number of aromatic amines is 1. The summed E-state index contributed by atoms with van der Waals surface area (Å²) in [6.07, 6.45) is 0. The van der Waals surface area contributed by atoms with Gasteiger partial charge in [0.05, 0.1) is 12.7 Å². The highest BCUT2D eigenvalue weighted by Crippen LogP contribution is 2.20. The summed E-state index contributed by atoms with van der Waals surface area (Å²) in [5, 5.41) is 2.22. The number of methoxy groups -OCH3 is 1. The van der Waals surface area contributed by atoms with Crippen molar-refractivity contribution in [2.24, 2.45) is 0 Å². The van der Waals surface area contributed by atoms with Crippen LogP contribution < -0.4 is 15.9 Å². The lowest BCUT2D eigenvalue weighted by Gasteiger charge is -2.08. The molecule has 7 heteroatoms. The Labute approximate surface area is 112 Å². The molecule has 1 N–H and O–H groups in total. The molecule has 0 aliphatic rings. The third kappa shape index (κ3) is 2.82. The van der Waals surface area contributed by atoms with Crippen molar-refractivity contribution < 1.29 is 13.9 Å². The van der Waals surface area contributed by atoms with Crippen LogP contribution in [0.5, 0.6) is 5.75 Å². The number of hydrogen-bond donors (Lipinski definition) is 1. The van der Waals surface area contributed by atoms with Crippen molar-refractivity contribution in [3.8, 4) is 5.75 Å². The van der Waals surface area contributed by atoms with E-state index in [9.17, 15) is 18.8 Å². The number of ketones is 1. The van der Waals surface area contributed by atoms with Crippen LogP contribution >= 0.6 is 0 Å². The van der Waals surface area contributed by atoms with E-state index in [-0.39, 0.29) is 11.3 Å². The number of aromatic nitrogens is 2. The molecule has 0 saturated heterocycles. The summed E-state index contributed by atoms with van der Waals surface area (Å²) in [4.78, 5) is 34.7. The molecule has 1 aromatic heterocycles. The minimum atomic E-state index is -0.594. The monoisotopic (exact) mass is 278 g/mol. The van der Waals surface area contributed by atoms with Crippen LogP contribution in [-0.2, 0) is 6.54 Å². The third-order valence-electron chi connectivity index (χ3n) is 2.65. The van der Waals surface area contributed by atoms with Crippen molar-refractivity contribution in [3.63, 3.8) is 0 Å². The highest BCUT2D eigenvalue weighted by molar-refractivity contribution is 5.98. The SMILES string of the molecule is COc1ccc(F)cc1C(=O)Cn1[nH]c(=O)ccc1=O. The number of nitrogens with zero attached hydrogens (tertiary/aromatic N) is 1. The van der Waals surface area contributed by atoms with Crippen molar-refractivity contribution in [2.75, 3.05) is 7.11 Å². The fourth-order valence-electron chi connectivity index (χ4n) is 1.71. The smallest absolute Gasteiger partial charge is 0.265 e. The van der Waals surface area contributed by atoms with E-state index in [0.717, 1.165) is 28.9 Å². The molecule has 0 aliphatic heterocycles. The van der Waals surface area contributed by atoms with Gasteiger partial charge in [0, 0.05) is 12.1 Å². The number of carbonyl (C=O) groups is 1. The Morgan fingerprint density at radius 1 is 1.30 bits per heavy atom. The number of H-pyrrole nitrogens is 1. The average Bonchev–Trinajstić information content (AvgIpc) is 2.42. The van der Waals surface area contributed by atoms with Crippen LogP contribution in [-0.4, -0.2) is 22.7 Å². The van der Waals surface area contributed by atoms with E-state index in [2.05, 4.69) is 5.10 Å². The summed E-state index contributed by atoms with van der Waals surface area (Å²) in [5.41, 5.74) is -1.04. The Hall–Kier alpha value is -2.70. The Bertz CT molecular complexity index is 763. The molecule has 0 radical (unpaired) electrons. The van der Waals surface area contributed by atoms with Gasteiger partial charge in [-0.25, -0.2) is 9.07 Å². The molecule has 6 nitrogen and oxygen atoms in total. The molecule has 0 aliphatic carbocycles. The number of Topliss-reactive ketones (excluding diaryl/α,β-unsaturated/α-hetero) is 1. The van der Waals surface area contributed by atoms with Crippen LogP contribution in [0.25, 0.3) is 0 Å². The molecular weight excluding hydrogens is 267 g/mol. The number of rotatable bonds is 4. The zero-order valence-electron chi connectivity index (χ0n) is 10.6. The first-order valence-corrected chi connectivity index (χ1v) is 5.68. The first-order valence-electron chi connectivity index (χ1n) is 5.68. The molecule has 0 atom stereocenters. The lowest BCUT2D eigenvalue weighted by Crippen LogP contribution is -2.30. The van der Waals surface area contributed by atoms with Gasteiger partial charge in [-0.2, -0.15) is 0 Å². The van der Waals surface area contributed by atoms with E-state index in [1.54, 1.807) is 0 Å². The lowest BCUT2D eigenvalue weighted by molar-refractivity contribution is 0.0962. The number of nitrogens with one attached hydrogen (secondary N) is 1. The summed E-state index contributed by atoms with van der Waals surface area (Å²) in [6.45, 7) is -0.408. The molecule has 2 aromatic rings. The second kappa shape index (κ2) is 5.52. The quantitative estimate of drug-likeness (QED) is 0.829. The topological polar surface area (TPSA) is 81.2 Å². The molecule has 2 rings (SSSR count). The molecule has 1 heterocycles. The molecule has 0 unspecified atom stereocenters. The zero-order chi connectivity index (χ0) is 14.7. The fraction of sp³-hybridized carbons (Fsp3) is 0.154. The van der Waals surface area contributed by atoms with E-state index in [4.69, 9.17) is 4.74 Å². The summed E-state index contributed by atoms with van der Waals surface area (Å²) < 4.78 is 19.0. The second-order valence-corrected chi connectivity index (χ2v) is 4.00. The van der Waals surface area contributed by atoms with Gasteiger partial charge in [-0.15, -0.1) is 0 Å². The van der Waals surface area contributed by atoms with Gasteiger partial charge in [0.25, 0.3) is 11.1 Å². The minimum absolute atomic E-state index is 0.00380. The molecule has 1 aromatic carbocycles. The minimum Gasteiger partial charge on any atom is -0.496 e. The fourth-order valence-corrected chi connectivity index (χ4v) is 1.71. The van der Waals surface area contributed by atoms with Gasteiger partial charge in [0.1, 0.15) is 18.1 Å². The number of carbonyl (C=O) groups excluding carboxylic acids is 1. The van der Waals surface area contributed by atoms with Crippen LogP contribution in [0.2, 0.25) is 0 Å². The maximum atomic E-state index is 13.2. The molecule has 104 valence electrons.